The Balaban J connectivity index is 2.01. The largest absolute Gasteiger partial charge is 0.481 e. The molecule has 1 saturated carbocycles. The van der Waals surface area contributed by atoms with Crippen LogP contribution in [0.4, 0.5) is 5.69 Å². The van der Waals surface area contributed by atoms with Crippen LogP contribution in [0.5, 0.6) is 0 Å². The summed E-state index contributed by atoms with van der Waals surface area (Å²) in [4.78, 5) is 23.1. The van der Waals surface area contributed by atoms with Gasteiger partial charge in [0.15, 0.2) is 0 Å². The van der Waals surface area contributed by atoms with E-state index in [1.807, 2.05) is 0 Å². The number of carbonyl (C=O) groups excluding carboxylic acids is 1. The van der Waals surface area contributed by atoms with Crippen LogP contribution in [0.3, 0.4) is 0 Å². The number of nitrogen functional groups attached to an aromatic ring is 1. The number of carboxylic acid groups (broad SMARTS) is 1. The average Bonchev–Trinajstić information content (AvgIpc) is 2.30. The highest BCUT2D eigenvalue weighted by molar-refractivity contribution is 9.10. The second-order valence-electron chi connectivity index (χ2n) is 4.86. The van der Waals surface area contributed by atoms with Crippen LogP contribution in [0.2, 0.25) is 0 Å². The molecule has 4 N–H and O–H groups in total. The lowest BCUT2D eigenvalue weighted by Crippen LogP contribution is -2.47. The number of amides is 1. The van der Waals surface area contributed by atoms with Crippen molar-refractivity contribution in [3.8, 4) is 0 Å². The summed E-state index contributed by atoms with van der Waals surface area (Å²) in [6.07, 6.45) is 2.14. The number of hydrogen-bond acceptors (Lipinski definition) is 3. The third kappa shape index (κ3) is 2.73. The van der Waals surface area contributed by atoms with Gasteiger partial charge in [0.2, 0.25) is 0 Å². The molecule has 1 aromatic rings. The van der Waals surface area contributed by atoms with Crippen LogP contribution in [0, 0.1) is 5.41 Å². The van der Waals surface area contributed by atoms with Gasteiger partial charge in [-0.05, 0) is 47.0 Å². The normalized spacial score (nSPS) is 16.5. The van der Waals surface area contributed by atoms with Crippen molar-refractivity contribution >= 4 is 33.5 Å². The van der Waals surface area contributed by atoms with E-state index in [0.717, 1.165) is 6.42 Å². The van der Waals surface area contributed by atoms with E-state index in [-0.39, 0.29) is 12.5 Å². The SMILES string of the molecule is Nc1ccc(C(=O)NCC2(C(=O)O)CCC2)cc1Br. The summed E-state index contributed by atoms with van der Waals surface area (Å²) in [6.45, 7) is 0.170. The first-order chi connectivity index (χ1) is 8.94. The van der Waals surface area contributed by atoms with Crippen molar-refractivity contribution in [3.05, 3.63) is 28.2 Å². The number of benzene rings is 1. The Morgan fingerprint density at radius 1 is 1.42 bits per heavy atom. The molecule has 0 aliphatic heterocycles. The molecule has 19 heavy (non-hydrogen) atoms. The highest BCUT2D eigenvalue weighted by Crippen LogP contribution is 2.40. The number of aliphatic carboxylic acids is 1. The first-order valence-electron chi connectivity index (χ1n) is 6.01. The van der Waals surface area contributed by atoms with Gasteiger partial charge in [-0.2, -0.15) is 0 Å². The maximum Gasteiger partial charge on any atom is 0.311 e. The van der Waals surface area contributed by atoms with Gasteiger partial charge in [0.05, 0.1) is 5.41 Å². The molecule has 6 heteroatoms. The van der Waals surface area contributed by atoms with Crippen molar-refractivity contribution in [2.24, 2.45) is 5.41 Å². The third-order valence-corrected chi connectivity index (χ3v) is 4.30. The molecule has 0 saturated heterocycles. The van der Waals surface area contributed by atoms with Crippen molar-refractivity contribution in [2.45, 2.75) is 19.3 Å². The highest BCUT2D eigenvalue weighted by atomic mass is 79.9. The minimum absolute atomic E-state index is 0.170. The summed E-state index contributed by atoms with van der Waals surface area (Å²) in [5.74, 6) is -1.12. The van der Waals surface area contributed by atoms with Crippen LogP contribution in [0.15, 0.2) is 22.7 Å². The Kier molecular flexibility index (Phi) is 3.80. The van der Waals surface area contributed by atoms with Crippen LogP contribution >= 0.6 is 15.9 Å². The molecule has 1 aliphatic rings. The van der Waals surface area contributed by atoms with Gasteiger partial charge in [0, 0.05) is 22.3 Å². The van der Waals surface area contributed by atoms with Gasteiger partial charge >= 0.3 is 5.97 Å². The molecule has 1 aromatic carbocycles. The predicted molar refractivity (Wildman–Crippen MR) is 74.8 cm³/mol. The van der Waals surface area contributed by atoms with Crippen LogP contribution in [0.25, 0.3) is 0 Å². The Morgan fingerprint density at radius 3 is 2.58 bits per heavy atom. The molecule has 5 nitrogen and oxygen atoms in total. The zero-order valence-corrected chi connectivity index (χ0v) is 11.9. The second kappa shape index (κ2) is 5.21. The Hall–Kier alpha value is -1.56. The number of halogens is 1. The van der Waals surface area contributed by atoms with Gasteiger partial charge in [-0.3, -0.25) is 9.59 Å². The summed E-state index contributed by atoms with van der Waals surface area (Å²) in [7, 11) is 0. The molecule has 1 amide bonds. The van der Waals surface area contributed by atoms with E-state index in [9.17, 15) is 14.7 Å². The van der Waals surface area contributed by atoms with E-state index in [0.29, 0.717) is 28.6 Å². The molecule has 0 radical (unpaired) electrons. The Morgan fingerprint density at radius 2 is 2.11 bits per heavy atom. The third-order valence-electron chi connectivity index (χ3n) is 3.61. The van der Waals surface area contributed by atoms with E-state index in [2.05, 4.69) is 21.2 Å². The number of anilines is 1. The molecule has 2 rings (SSSR count). The fraction of sp³-hybridized carbons (Fsp3) is 0.385. The van der Waals surface area contributed by atoms with Gasteiger partial charge < -0.3 is 16.2 Å². The summed E-state index contributed by atoms with van der Waals surface area (Å²) >= 11 is 3.25. The first kappa shape index (κ1) is 13.9. The smallest absolute Gasteiger partial charge is 0.311 e. The molecular weight excluding hydrogens is 312 g/mol. The number of hydrogen-bond donors (Lipinski definition) is 3. The van der Waals surface area contributed by atoms with E-state index >= 15 is 0 Å². The summed E-state index contributed by atoms with van der Waals surface area (Å²) in [6, 6.07) is 4.87. The molecule has 0 aromatic heterocycles. The maximum absolute atomic E-state index is 12.0. The van der Waals surface area contributed by atoms with E-state index in [4.69, 9.17) is 5.73 Å². The topological polar surface area (TPSA) is 92.4 Å². The fourth-order valence-electron chi connectivity index (χ4n) is 2.09. The quantitative estimate of drug-likeness (QED) is 0.738. The van der Waals surface area contributed by atoms with Crippen molar-refractivity contribution in [1.29, 1.82) is 0 Å². The number of nitrogens with two attached hydrogens (primary N) is 1. The Bertz CT molecular complexity index is 527. The lowest BCUT2D eigenvalue weighted by Gasteiger charge is -2.37. The van der Waals surface area contributed by atoms with Crippen LogP contribution < -0.4 is 11.1 Å². The van der Waals surface area contributed by atoms with Crippen molar-refractivity contribution in [1.82, 2.24) is 5.32 Å². The van der Waals surface area contributed by atoms with Crippen molar-refractivity contribution < 1.29 is 14.7 Å². The van der Waals surface area contributed by atoms with Crippen molar-refractivity contribution in [2.75, 3.05) is 12.3 Å². The molecule has 102 valence electrons. The molecule has 0 spiro atoms. The highest BCUT2D eigenvalue weighted by Gasteiger charge is 2.44. The first-order valence-corrected chi connectivity index (χ1v) is 6.80. The van der Waals surface area contributed by atoms with Gasteiger partial charge in [-0.15, -0.1) is 0 Å². The van der Waals surface area contributed by atoms with E-state index < -0.39 is 11.4 Å². The van der Waals surface area contributed by atoms with Gasteiger partial charge in [-0.25, -0.2) is 0 Å². The summed E-state index contributed by atoms with van der Waals surface area (Å²) in [5, 5.41) is 11.9. The van der Waals surface area contributed by atoms with Crippen LogP contribution in [-0.4, -0.2) is 23.5 Å². The number of carbonyl (C=O) groups is 2. The molecule has 0 unspecified atom stereocenters. The minimum Gasteiger partial charge on any atom is -0.481 e. The van der Waals surface area contributed by atoms with Gasteiger partial charge in [0.1, 0.15) is 0 Å². The molecule has 0 atom stereocenters. The summed E-state index contributed by atoms with van der Waals surface area (Å²) < 4.78 is 0.650. The predicted octanol–water partition coefficient (Wildman–Crippen LogP) is 2.02. The summed E-state index contributed by atoms with van der Waals surface area (Å²) in [5.41, 5.74) is 5.88. The number of nitrogens with one attached hydrogen (secondary N) is 1. The fourth-order valence-corrected chi connectivity index (χ4v) is 2.47. The minimum atomic E-state index is -0.836. The molecule has 1 fully saturated rings. The average molecular weight is 327 g/mol. The Labute approximate surface area is 119 Å². The van der Waals surface area contributed by atoms with E-state index in [1.165, 1.54) is 0 Å². The molecule has 0 bridgehead atoms. The lowest BCUT2D eigenvalue weighted by molar-refractivity contribution is -0.153. The monoisotopic (exact) mass is 326 g/mol. The van der Waals surface area contributed by atoms with Gasteiger partial charge in [-0.1, -0.05) is 6.42 Å². The van der Waals surface area contributed by atoms with Crippen LogP contribution in [-0.2, 0) is 4.79 Å². The number of carboxylic acids is 1. The zero-order valence-electron chi connectivity index (χ0n) is 10.3. The maximum atomic E-state index is 12.0. The van der Waals surface area contributed by atoms with E-state index in [1.54, 1.807) is 18.2 Å². The molecule has 0 heterocycles. The van der Waals surface area contributed by atoms with Crippen molar-refractivity contribution in [3.63, 3.8) is 0 Å². The lowest BCUT2D eigenvalue weighted by atomic mass is 9.69. The second-order valence-corrected chi connectivity index (χ2v) is 5.71. The standard InChI is InChI=1S/C13H15BrN2O3/c14-9-6-8(2-3-10(9)15)11(17)16-7-13(12(18)19)4-1-5-13/h2-3,6H,1,4-5,7,15H2,(H,16,17)(H,18,19). The molecule has 1 aliphatic carbocycles. The number of rotatable bonds is 4. The molecular formula is C13H15BrN2O3. The van der Waals surface area contributed by atoms with Crippen LogP contribution in [0.1, 0.15) is 29.6 Å². The zero-order chi connectivity index (χ0) is 14.0. The van der Waals surface area contributed by atoms with Gasteiger partial charge in [0.25, 0.3) is 5.91 Å².